The lowest BCUT2D eigenvalue weighted by atomic mass is 9.79. The van der Waals surface area contributed by atoms with Crippen LogP contribution in [0.4, 0.5) is 0 Å². The van der Waals surface area contributed by atoms with Crippen LogP contribution in [0.15, 0.2) is 22.7 Å². The first kappa shape index (κ1) is 10.8. The van der Waals surface area contributed by atoms with Crippen molar-refractivity contribution in [2.75, 3.05) is 7.11 Å². The molecular formula is C12H13BrO2. The molecule has 0 aliphatic heterocycles. The number of ether oxygens (including phenoxy) is 1. The molecule has 0 saturated heterocycles. The lowest BCUT2D eigenvalue weighted by molar-refractivity contribution is -0.141. The predicted molar refractivity (Wildman–Crippen MR) is 61.8 cm³/mol. The summed E-state index contributed by atoms with van der Waals surface area (Å²) in [6.07, 6.45) is 1.39. The first-order chi connectivity index (χ1) is 7.08. The van der Waals surface area contributed by atoms with Gasteiger partial charge < -0.3 is 4.74 Å². The lowest BCUT2D eigenvalue weighted by Crippen LogP contribution is -2.38. The van der Waals surface area contributed by atoms with Gasteiger partial charge in [-0.1, -0.05) is 22.0 Å². The van der Waals surface area contributed by atoms with Crippen LogP contribution in [0, 0.1) is 0 Å². The monoisotopic (exact) mass is 268 g/mol. The molecule has 0 N–H and O–H groups in total. The van der Waals surface area contributed by atoms with E-state index in [2.05, 4.69) is 22.0 Å². The summed E-state index contributed by atoms with van der Waals surface area (Å²) in [7, 11) is 1.59. The van der Waals surface area contributed by atoms with Gasteiger partial charge in [0.2, 0.25) is 0 Å². The Kier molecular flexibility index (Phi) is 2.69. The van der Waals surface area contributed by atoms with Gasteiger partial charge in [-0.25, -0.2) is 0 Å². The number of fused-ring (bicyclic) bond motifs is 1. The van der Waals surface area contributed by atoms with Crippen LogP contribution in [0.25, 0.3) is 0 Å². The Morgan fingerprint density at radius 1 is 1.40 bits per heavy atom. The van der Waals surface area contributed by atoms with E-state index in [1.165, 1.54) is 5.56 Å². The van der Waals surface area contributed by atoms with Gasteiger partial charge >= 0.3 is 0 Å². The van der Waals surface area contributed by atoms with Crippen molar-refractivity contribution in [2.24, 2.45) is 0 Å². The van der Waals surface area contributed by atoms with Crippen molar-refractivity contribution < 1.29 is 9.53 Å². The molecule has 1 unspecified atom stereocenters. The zero-order valence-corrected chi connectivity index (χ0v) is 10.4. The molecule has 0 fully saturated rings. The van der Waals surface area contributed by atoms with E-state index in [4.69, 9.17) is 4.74 Å². The number of carbonyl (C=O) groups excluding carboxylic acids is 1. The molecule has 0 radical (unpaired) electrons. The van der Waals surface area contributed by atoms with E-state index in [0.717, 1.165) is 16.5 Å². The second-order valence-electron chi connectivity index (χ2n) is 3.96. The average Bonchev–Trinajstić information content (AvgIpc) is 2.24. The van der Waals surface area contributed by atoms with Crippen LogP contribution in [0.1, 0.15) is 24.5 Å². The van der Waals surface area contributed by atoms with Crippen molar-refractivity contribution in [3.63, 3.8) is 0 Å². The summed E-state index contributed by atoms with van der Waals surface area (Å²) < 4.78 is 6.39. The fourth-order valence-corrected chi connectivity index (χ4v) is 2.43. The van der Waals surface area contributed by atoms with Crippen LogP contribution in [0.3, 0.4) is 0 Å². The van der Waals surface area contributed by atoms with Crippen molar-refractivity contribution in [2.45, 2.75) is 25.4 Å². The smallest absolute Gasteiger partial charge is 0.169 e. The SMILES string of the molecule is COC1(C)C(=O)CCc2ccc(Br)cc21. The number of rotatable bonds is 1. The minimum Gasteiger partial charge on any atom is -0.366 e. The third kappa shape index (κ3) is 1.64. The number of benzene rings is 1. The number of methoxy groups -OCH3 is 1. The summed E-state index contributed by atoms with van der Waals surface area (Å²) in [4.78, 5) is 11.9. The number of hydrogen-bond donors (Lipinski definition) is 0. The highest BCUT2D eigenvalue weighted by Crippen LogP contribution is 2.36. The number of hydrogen-bond acceptors (Lipinski definition) is 2. The highest BCUT2D eigenvalue weighted by Gasteiger charge is 2.39. The molecule has 1 atom stereocenters. The van der Waals surface area contributed by atoms with Crippen LogP contribution in [0.5, 0.6) is 0 Å². The molecule has 0 aromatic heterocycles. The Hall–Kier alpha value is -0.670. The highest BCUT2D eigenvalue weighted by molar-refractivity contribution is 9.10. The summed E-state index contributed by atoms with van der Waals surface area (Å²) in [6.45, 7) is 1.85. The molecule has 0 bridgehead atoms. The molecule has 2 rings (SSSR count). The minimum atomic E-state index is -0.767. The molecule has 1 aromatic rings. The highest BCUT2D eigenvalue weighted by atomic mass is 79.9. The van der Waals surface area contributed by atoms with Crippen LogP contribution < -0.4 is 0 Å². The number of carbonyl (C=O) groups is 1. The summed E-state index contributed by atoms with van der Waals surface area (Å²) >= 11 is 3.42. The lowest BCUT2D eigenvalue weighted by Gasteiger charge is -2.33. The molecular weight excluding hydrogens is 256 g/mol. The standard InChI is InChI=1S/C12H13BrO2/c1-12(15-2)10-7-9(13)5-3-8(10)4-6-11(12)14/h3,5,7H,4,6H2,1-2H3. The Morgan fingerprint density at radius 2 is 2.13 bits per heavy atom. The van der Waals surface area contributed by atoms with Crippen LogP contribution in [-0.2, 0) is 21.6 Å². The van der Waals surface area contributed by atoms with Crippen molar-refractivity contribution in [3.05, 3.63) is 33.8 Å². The second-order valence-corrected chi connectivity index (χ2v) is 4.88. The first-order valence-corrected chi connectivity index (χ1v) is 5.74. The normalized spacial score (nSPS) is 25.1. The largest absolute Gasteiger partial charge is 0.366 e. The topological polar surface area (TPSA) is 26.3 Å². The molecule has 2 nitrogen and oxygen atoms in total. The van der Waals surface area contributed by atoms with E-state index < -0.39 is 5.60 Å². The van der Waals surface area contributed by atoms with Crippen molar-refractivity contribution in [1.29, 1.82) is 0 Å². The van der Waals surface area contributed by atoms with Gasteiger partial charge in [0.05, 0.1) is 0 Å². The fraction of sp³-hybridized carbons (Fsp3) is 0.417. The van der Waals surface area contributed by atoms with Crippen LogP contribution in [0.2, 0.25) is 0 Å². The quantitative estimate of drug-likeness (QED) is 0.783. The van der Waals surface area contributed by atoms with Crippen molar-refractivity contribution in [3.8, 4) is 0 Å². The Bertz CT molecular complexity index is 414. The third-order valence-corrected chi connectivity index (χ3v) is 3.64. The van der Waals surface area contributed by atoms with Gasteiger partial charge in [0, 0.05) is 18.0 Å². The van der Waals surface area contributed by atoms with E-state index in [-0.39, 0.29) is 5.78 Å². The number of halogens is 1. The van der Waals surface area contributed by atoms with Crippen LogP contribution in [-0.4, -0.2) is 12.9 Å². The summed E-state index contributed by atoms with van der Waals surface area (Å²) in [5, 5.41) is 0. The van der Waals surface area contributed by atoms with E-state index in [0.29, 0.717) is 6.42 Å². The molecule has 0 amide bonds. The van der Waals surface area contributed by atoms with E-state index in [1.54, 1.807) is 7.11 Å². The van der Waals surface area contributed by atoms with Gasteiger partial charge in [-0.05, 0) is 36.6 Å². The maximum atomic E-state index is 11.9. The van der Waals surface area contributed by atoms with E-state index in [9.17, 15) is 4.79 Å². The minimum absolute atomic E-state index is 0.163. The first-order valence-electron chi connectivity index (χ1n) is 4.95. The Labute approximate surface area is 97.8 Å². The molecule has 0 heterocycles. The van der Waals surface area contributed by atoms with Crippen LogP contribution >= 0.6 is 15.9 Å². The molecule has 1 aliphatic rings. The number of ketones is 1. The maximum absolute atomic E-state index is 11.9. The Morgan fingerprint density at radius 3 is 2.80 bits per heavy atom. The molecule has 80 valence electrons. The Balaban J connectivity index is 2.61. The zero-order valence-electron chi connectivity index (χ0n) is 8.84. The predicted octanol–water partition coefficient (Wildman–Crippen LogP) is 2.83. The van der Waals surface area contributed by atoms with Gasteiger partial charge in [0.25, 0.3) is 0 Å². The van der Waals surface area contributed by atoms with Gasteiger partial charge in [0.15, 0.2) is 5.78 Å². The van der Waals surface area contributed by atoms with E-state index in [1.807, 2.05) is 19.1 Å². The van der Waals surface area contributed by atoms with Gasteiger partial charge in [-0.2, -0.15) is 0 Å². The summed E-state index contributed by atoms with van der Waals surface area (Å²) in [5.74, 6) is 0.163. The van der Waals surface area contributed by atoms with Gasteiger partial charge in [0.1, 0.15) is 5.60 Å². The fourth-order valence-electron chi connectivity index (χ4n) is 2.07. The molecule has 3 heteroatoms. The molecule has 0 spiro atoms. The van der Waals surface area contributed by atoms with Crippen molar-refractivity contribution >= 4 is 21.7 Å². The number of Topliss-reactive ketones (excluding diaryl/α,β-unsaturated/α-hetero) is 1. The average molecular weight is 269 g/mol. The maximum Gasteiger partial charge on any atom is 0.169 e. The summed E-state index contributed by atoms with van der Waals surface area (Å²) in [5.41, 5.74) is 1.44. The van der Waals surface area contributed by atoms with Gasteiger partial charge in [-0.15, -0.1) is 0 Å². The van der Waals surface area contributed by atoms with E-state index >= 15 is 0 Å². The zero-order chi connectivity index (χ0) is 11.1. The number of aryl methyl sites for hydroxylation is 1. The molecule has 15 heavy (non-hydrogen) atoms. The van der Waals surface area contributed by atoms with Crippen molar-refractivity contribution in [1.82, 2.24) is 0 Å². The summed E-state index contributed by atoms with van der Waals surface area (Å²) in [6, 6.07) is 6.05. The molecule has 1 aromatic carbocycles. The molecule has 0 saturated carbocycles. The third-order valence-electron chi connectivity index (χ3n) is 3.15. The molecule has 1 aliphatic carbocycles. The van der Waals surface area contributed by atoms with Gasteiger partial charge in [-0.3, -0.25) is 4.79 Å². The second kappa shape index (κ2) is 3.72.